The molecule has 0 unspecified atom stereocenters. The number of benzene rings is 2. The fraction of sp³-hybridized carbons (Fsp3) is 0.417. The van der Waals surface area contributed by atoms with E-state index in [1.165, 1.54) is 5.56 Å². The maximum absolute atomic E-state index is 12.6. The minimum Gasteiger partial charge on any atom is -0.342 e. The third kappa shape index (κ3) is 6.71. The topological polar surface area (TPSA) is 52.7 Å². The summed E-state index contributed by atoms with van der Waals surface area (Å²) in [6.45, 7) is 4.09. The van der Waals surface area contributed by atoms with Crippen LogP contribution in [0.2, 0.25) is 0 Å². The molecule has 0 radical (unpaired) electrons. The molecule has 2 amide bonds. The minimum atomic E-state index is -0.106. The summed E-state index contributed by atoms with van der Waals surface area (Å²) in [5.41, 5.74) is 3.30. The first-order valence-corrected chi connectivity index (χ1v) is 10.4. The molecule has 0 aliphatic carbocycles. The summed E-state index contributed by atoms with van der Waals surface area (Å²) >= 11 is 0. The fourth-order valence-corrected chi connectivity index (χ4v) is 3.80. The second-order valence-corrected chi connectivity index (χ2v) is 8.10. The van der Waals surface area contributed by atoms with E-state index in [1.54, 1.807) is 4.90 Å². The Labute approximate surface area is 173 Å². The van der Waals surface area contributed by atoms with E-state index in [9.17, 15) is 9.59 Å². The van der Waals surface area contributed by atoms with Crippen molar-refractivity contribution in [2.75, 3.05) is 38.5 Å². The first-order valence-electron chi connectivity index (χ1n) is 10.4. The zero-order valence-electron chi connectivity index (χ0n) is 17.4. The molecular weight excluding hydrogens is 362 g/mol. The van der Waals surface area contributed by atoms with Gasteiger partial charge in [-0.15, -0.1) is 0 Å². The Hall–Kier alpha value is -2.66. The maximum atomic E-state index is 12.6. The third-order valence-corrected chi connectivity index (χ3v) is 5.49. The van der Waals surface area contributed by atoms with E-state index in [0.29, 0.717) is 5.92 Å². The molecule has 5 heteroatoms. The quantitative estimate of drug-likeness (QED) is 0.785. The Morgan fingerprint density at radius 3 is 2.31 bits per heavy atom. The summed E-state index contributed by atoms with van der Waals surface area (Å²) < 4.78 is 0. The molecule has 5 nitrogen and oxygen atoms in total. The predicted molar refractivity (Wildman–Crippen MR) is 117 cm³/mol. The van der Waals surface area contributed by atoms with Gasteiger partial charge >= 0.3 is 0 Å². The van der Waals surface area contributed by atoms with Crippen molar-refractivity contribution < 1.29 is 9.59 Å². The Morgan fingerprint density at radius 2 is 1.66 bits per heavy atom. The lowest BCUT2D eigenvalue weighted by atomic mass is 9.90. The number of nitrogens with one attached hydrogen (secondary N) is 1. The maximum Gasteiger partial charge on any atom is 0.238 e. The van der Waals surface area contributed by atoms with Gasteiger partial charge in [-0.1, -0.05) is 48.0 Å². The number of hydrogen-bond acceptors (Lipinski definition) is 3. The molecule has 1 saturated heterocycles. The number of rotatable bonds is 7. The molecule has 3 rings (SSSR count). The van der Waals surface area contributed by atoms with Crippen LogP contribution in [0.25, 0.3) is 0 Å². The zero-order valence-corrected chi connectivity index (χ0v) is 17.4. The molecule has 154 valence electrons. The standard InChI is InChI=1S/C24H31N3O2/c1-19-8-10-22(11-9-19)25-23(28)17-26(2)18-24(29)27-14-12-21(13-15-27)16-20-6-4-3-5-7-20/h3-11,21H,12-18H2,1-2H3,(H,25,28). The van der Waals surface area contributed by atoms with Crippen LogP contribution < -0.4 is 5.32 Å². The van der Waals surface area contributed by atoms with Crippen LogP contribution in [0, 0.1) is 12.8 Å². The first-order chi connectivity index (χ1) is 14.0. The van der Waals surface area contributed by atoms with Crippen LogP contribution in [0.1, 0.15) is 24.0 Å². The van der Waals surface area contributed by atoms with Crippen molar-refractivity contribution in [1.82, 2.24) is 9.80 Å². The van der Waals surface area contributed by atoms with Crippen LogP contribution in [0.4, 0.5) is 5.69 Å². The second-order valence-electron chi connectivity index (χ2n) is 8.10. The molecule has 2 aromatic carbocycles. The number of nitrogens with zero attached hydrogens (tertiary/aromatic N) is 2. The number of likely N-dealkylation sites (tertiary alicyclic amines) is 1. The van der Waals surface area contributed by atoms with Crippen molar-refractivity contribution in [3.05, 3.63) is 65.7 Å². The fourth-order valence-electron chi connectivity index (χ4n) is 3.80. The zero-order chi connectivity index (χ0) is 20.6. The first kappa shape index (κ1) is 21.1. The van der Waals surface area contributed by atoms with Gasteiger partial charge in [-0.05, 0) is 56.8 Å². The second kappa shape index (κ2) is 10.2. The summed E-state index contributed by atoms with van der Waals surface area (Å²) in [4.78, 5) is 28.5. The summed E-state index contributed by atoms with van der Waals surface area (Å²) in [5, 5.41) is 2.88. The lowest BCUT2D eigenvalue weighted by Gasteiger charge is -2.33. The van der Waals surface area contributed by atoms with Crippen LogP contribution in [0.15, 0.2) is 54.6 Å². The number of aryl methyl sites for hydroxylation is 1. The van der Waals surface area contributed by atoms with Crippen LogP contribution in [-0.2, 0) is 16.0 Å². The van der Waals surface area contributed by atoms with Crippen molar-refractivity contribution in [3.63, 3.8) is 0 Å². The van der Waals surface area contributed by atoms with Crippen LogP contribution in [0.5, 0.6) is 0 Å². The summed E-state index contributed by atoms with van der Waals surface area (Å²) in [6, 6.07) is 18.3. The van der Waals surface area contributed by atoms with Gasteiger partial charge < -0.3 is 10.2 Å². The van der Waals surface area contributed by atoms with Crippen molar-refractivity contribution in [2.24, 2.45) is 5.92 Å². The highest BCUT2D eigenvalue weighted by molar-refractivity contribution is 5.92. The van der Waals surface area contributed by atoms with Crippen molar-refractivity contribution in [2.45, 2.75) is 26.2 Å². The van der Waals surface area contributed by atoms with Crippen molar-refractivity contribution >= 4 is 17.5 Å². The van der Waals surface area contributed by atoms with Gasteiger partial charge in [0.1, 0.15) is 0 Å². The lowest BCUT2D eigenvalue weighted by molar-refractivity contribution is -0.133. The summed E-state index contributed by atoms with van der Waals surface area (Å²) in [6.07, 6.45) is 3.17. The molecule has 0 saturated carbocycles. The molecule has 2 aromatic rings. The van der Waals surface area contributed by atoms with Gasteiger partial charge in [0.25, 0.3) is 0 Å². The smallest absolute Gasteiger partial charge is 0.238 e. The molecule has 1 heterocycles. The number of likely N-dealkylation sites (N-methyl/N-ethyl adjacent to an activating group) is 1. The Kier molecular flexibility index (Phi) is 7.42. The van der Waals surface area contributed by atoms with Gasteiger partial charge in [0.2, 0.25) is 11.8 Å². The van der Waals surface area contributed by atoms with Gasteiger partial charge in [0, 0.05) is 18.8 Å². The van der Waals surface area contributed by atoms with E-state index in [0.717, 1.165) is 43.6 Å². The van der Waals surface area contributed by atoms with Gasteiger partial charge in [0.05, 0.1) is 13.1 Å². The third-order valence-electron chi connectivity index (χ3n) is 5.49. The van der Waals surface area contributed by atoms with E-state index >= 15 is 0 Å². The number of carbonyl (C=O) groups excluding carboxylic acids is 2. The highest BCUT2D eigenvalue weighted by Crippen LogP contribution is 2.21. The molecule has 0 spiro atoms. The predicted octanol–water partition coefficient (Wildman–Crippen LogP) is 3.35. The largest absolute Gasteiger partial charge is 0.342 e. The number of carbonyl (C=O) groups is 2. The number of piperidine rings is 1. The highest BCUT2D eigenvalue weighted by atomic mass is 16.2. The van der Waals surface area contributed by atoms with Gasteiger partial charge in [-0.25, -0.2) is 0 Å². The van der Waals surface area contributed by atoms with E-state index in [1.807, 2.05) is 49.2 Å². The summed E-state index contributed by atoms with van der Waals surface area (Å²) in [7, 11) is 1.81. The normalized spacial score (nSPS) is 14.8. The Bertz CT molecular complexity index is 797. The average Bonchev–Trinajstić information content (AvgIpc) is 2.71. The SMILES string of the molecule is Cc1ccc(NC(=O)CN(C)CC(=O)N2CCC(Cc3ccccc3)CC2)cc1. The van der Waals surface area contributed by atoms with E-state index < -0.39 is 0 Å². The molecule has 0 atom stereocenters. The van der Waals surface area contributed by atoms with E-state index in [4.69, 9.17) is 0 Å². The van der Waals surface area contributed by atoms with Gasteiger partial charge in [-0.2, -0.15) is 0 Å². The number of amides is 2. The van der Waals surface area contributed by atoms with Gasteiger partial charge in [0.15, 0.2) is 0 Å². The van der Waals surface area contributed by atoms with Crippen molar-refractivity contribution in [3.8, 4) is 0 Å². The number of hydrogen-bond donors (Lipinski definition) is 1. The van der Waals surface area contributed by atoms with Gasteiger partial charge in [-0.3, -0.25) is 14.5 Å². The molecular formula is C24H31N3O2. The minimum absolute atomic E-state index is 0.105. The van der Waals surface area contributed by atoms with Crippen LogP contribution >= 0.6 is 0 Å². The van der Waals surface area contributed by atoms with E-state index in [2.05, 4.69) is 29.6 Å². The van der Waals surface area contributed by atoms with Crippen LogP contribution in [-0.4, -0.2) is 54.8 Å². The highest BCUT2D eigenvalue weighted by Gasteiger charge is 2.24. The Morgan fingerprint density at radius 1 is 1.00 bits per heavy atom. The van der Waals surface area contributed by atoms with E-state index in [-0.39, 0.29) is 24.9 Å². The van der Waals surface area contributed by atoms with Crippen molar-refractivity contribution in [1.29, 1.82) is 0 Å². The summed E-state index contributed by atoms with van der Waals surface area (Å²) in [5.74, 6) is 0.638. The average molecular weight is 394 g/mol. The molecule has 0 aromatic heterocycles. The molecule has 1 fully saturated rings. The monoisotopic (exact) mass is 393 g/mol. The molecule has 1 aliphatic heterocycles. The lowest BCUT2D eigenvalue weighted by Crippen LogP contribution is -2.44. The molecule has 1 N–H and O–H groups in total. The molecule has 29 heavy (non-hydrogen) atoms. The number of anilines is 1. The molecule has 0 bridgehead atoms. The Balaban J connectivity index is 1.38. The van der Waals surface area contributed by atoms with Crippen LogP contribution in [0.3, 0.4) is 0 Å². The molecule has 1 aliphatic rings.